The molecular formula is C18H16ClFN2O3. The Morgan fingerprint density at radius 2 is 2.12 bits per heavy atom. The molecule has 0 aliphatic carbocycles. The van der Waals surface area contributed by atoms with Crippen molar-refractivity contribution in [1.29, 1.82) is 0 Å². The number of carbonyl (C=O) groups excluding carboxylic acids is 1. The zero-order valence-electron chi connectivity index (χ0n) is 13.5. The van der Waals surface area contributed by atoms with E-state index in [0.29, 0.717) is 12.4 Å². The van der Waals surface area contributed by atoms with Gasteiger partial charge in [-0.3, -0.25) is 9.79 Å². The second-order valence-electron chi connectivity index (χ2n) is 5.85. The Balaban J connectivity index is 1.95. The molecule has 0 radical (unpaired) electrons. The van der Waals surface area contributed by atoms with Crippen molar-refractivity contribution in [3.05, 3.63) is 58.9 Å². The van der Waals surface area contributed by atoms with E-state index in [0.717, 1.165) is 16.7 Å². The van der Waals surface area contributed by atoms with Crippen LogP contribution in [-0.4, -0.2) is 25.5 Å². The number of benzene rings is 2. The Labute approximate surface area is 149 Å². The Kier molecular flexibility index (Phi) is 5.01. The first-order valence-corrected chi connectivity index (χ1v) is 7.97. The number of nitrogens with one attached hydrogen (secondary N) is 1. The summed E-state index contributed by atoms with van der Waals surface area (Å²) in [6.45, 7) is 2.82. The van der Waals surface area contributed by atoms with Gasteiger partial charge in [0.2, 0.25) is 0 Å². The van der Waals surface area contributed by atoms with Crippen LogP contribution in [0.15, 0.2) is 47.5 Å². The van der Waals surface area contributed by atoms with Crippen LogP contribution in [0.2, 0.25) is 5.02 Å². The summed E-state index contributed by atoms with van der Waals surface area (Å²) < 4.78 is 19.0. The zero-order valence-corrected chi connectivity index (χ0v) is 14.2. The highest BCUT2D eigenvalue weighted by Gasteiger charge is 2.31. The lowest BCUT2D eigenvalue weighted by molar-refractivity contribution is -0.132. The van der Waals surface area contributed by atoms with Crippen molar-refractivity contribution in [2.75, 3.05) is 13.2 Å². The van der Waals surface area contributed by atoms with Gasteiger partial charge in [0, 0.05) is 0 Å². The largest absolute Gasteiger partial charge is 0.371 e. The monoisotopic (exact) mass is 362 g/mol. The highest BCUT2D eigenvalue weighted by Crippen LogP contribution is 2.32. The van der Waals surface area contributed by atoms with Crippen LogP contribution in [0.5, 0.6) is 0 Å². The summed E-state index contributed by atoms with van der Waals surface area (Å²) in [7, 11) is 0. The van der Waals surface area contributed by atoms with Crippen LogP contribution in [0.3, 0.4) is 0 Å². The summed E-state index contributed by atoms with van der Waals surface area (Å²) >= 11 is 5.88. The normalized spacial score (nSPS) is 19.9. The minimum Gasteiger partial charge on any atom is -0.371 e. The van der Waals surface area contributed by atoms with Gasteiger partial charge in [0.25, 0.3) is 0 Å². The minimum atomic E-state index is -0.646. The van der Waals surface area contributed by atoms with E-state index < -0.39 is 11.4 Å². The molecule has 0 saturated carbocycles. The van der Waals surface area contributed by atoms with Crippen LogP contribution >= 0.6 is 11.6 Å². The topological polar surface area (TPSA) is 59.9 Å². The van der Waals surface area contributed by atoms with Gasteiger partial charge in [-0.1, -0.05) is 35.9 Å². The molecule has 3 rings (SSSR count). The SMILES string of the molecule is CC1(c2cccc(-c3ccc(F)c(Cl)c3)c2)COCC(NOC=O)=N1. The van der Waals surface area contributed by atoms with Gasteiger partial charge in [0.05, 0.1) is 11.6 Å². The number of nitrogens with zero attached hydrogens (tertiary/aromatic N) is 1. The molecule has 0 aromatic heterocycles. The predicted octanol–water partition coefficient (Wildman–Crippen LogP) is 3.47. The van der Waals surface area contributed by atoms with Crippen molar-refractivity contribution < 1.29 is 18.8 Å². The van der Waals surface area contributed by atoms with Crippen molar-refractivity contribution >= 4 is 23.9 Å². The van der Waals surface area contributed by atoms with Gasteiger partial charge in [-0.05, 0) is 41.8 Å². The molecule has 1 aliphatic heterocycles. The van der Waals surface area contributed by atoms with Gasteiger partial charge >= 0.3 is 6.47 Å². The van der Waals surface area contributed by atoms with Gasteiger partial charge in [-0.25, -0.2) is 9.87 Å². The molecule has 5 nitrogen and oxygen atoms in total. The molecule has 1 N–H and O–H groups in total. The standard InChI is InChI=1S/C18H16ClFN2O3/c1-18(10-24-9-17(21-18)22-25-11-23)14-4-2-3-12(7-14)13-5-6-16(20)15(19)8-13/h2-8,11H,9-10H2,1H3,(H,21,22). The van der Waals surface area contributed by atoms with E-state index >= 15 is 0 Å². The average molecular weight is 363 g/mol. The lowest BCUT2D eigenvalue weighted by Crippen LogP contribution is -2.40. The van der Waals surface area contributed by atoms with Crippen LogP contribution in [0.25, 0.3) is 11.1 Å². The van der Waals surface area contributed by atoms with Crippen LogP contribution in [-0.2, 0) is 19.9 Å². The lowest BCUT2D eigenvalue weighted by atomic mass is 9.90. The number of ether oxygens (including phenoxy) is 1. The van der Waals surface area contributed by atoms with E-state index in [1.807, 2.05) is 31.2 Å². The molecule has 1 heterocycles. The minimum absolute atomic E-state index is 0.0747. The molecule has 0 bridgehead atoms. The number of halogens is 2. The number of hydrogen-bond acceptors (Lipinski definition) is 5. The van der Waals surface area contributed by atoms with Crippen molar-refractivity contribution in [2.24, 2.45) is 4.99 Å². The van der Waals surface area contributed by atoms with E-state index in [1.165, 1.54) is 6.07 Å². The van der Waals surface area contributed by atoms with Gasteiger partial charge in [0.1, 0.15) is 18.0 Å². The highest BCUT2D eigenvalue weighted by atomic mass is 35.5. The van der Waals surface area contributed by atoms with Crippen molar-refractivity contribution in [3.63, 3.8) is 0 Å². The molecule has 1 unspecified atom stereocenters. The fourth-order valence-electron chi connectivity index (χ4n) is 2.71. The summed E-state index contributed by atoms with van der Waals surface area (Å²) in [4.78, 5) is 19.4. The van der Waals surface area contributed by atoms with E-state index in [1.54, 1.807) is 12.1 Å². The molecule has 0 saturated heterocycles. The van der Waals surface area contributed by atoms with Crippen LogP contribution in [0, 0.1) is 5.82 Å². The first-order chi connectivity index (χ1) is 12.0. The Morgan fingerprint density at radius 1 is 1.32 bits per heavy atom. The Hall–Kier alpha value is -2.44. The number of rotatable bonds is 4. The van der Waals surface area contributed by atoms with Gasteiger partial charge in [0.15, 0.2) is 5.84 Å². The maximum Gasteiger partial charge on any atom is 0.320 e. The molecule has 7 heteroatoms. The number of aliphatic imine (C=N–C) groups is 1. The summed E-state index contributed by atoms with van der Waals surface area (Å²) in [5.74, 6) is -0.0270. The van der Waals surface area contributed by atoms with Gasteiger partial charge < -0.3 is 9.57 Å². The van der Waals surface area contributed by atoms with Crippen LogP contribution in [0.1, 0.15) is 12.5 Å². The van der Waals surface area contributed by atoms with Crippen molar-refractivity contribution in [1.82, 2.24) is 5.48 Å². The third-order valence-corrected chi connectivity index (χ3v) is 4.26. The third-order valence-electron chi connectivity index (χ3n) is 3.97. The number of amidine groups is 1. The lowest BCUT2D eigenvalue weighted by Gasteiger charge is -2.31. The maximum atomic E-state index is 13.4. The fourth-order valence-corrected chi connectivity index (χ4v) is 2.89. The van der Waals surface area contributed by atoms with Crippen LogP contribution in [0.4, 0.5) is 4.39 Å². The van der Waals surface area contributed by atoms with Gasteiger partial charge in [-0.2, -0.15) is 0 Å². The Morgan fingerprint density at radius 3 is 2.88 bits per heavy atom. The van der Waals surface area contributed by atoms with Crippen molar-refractivity contribution in [3.8, 4) is 11.1 Å². The molecule has 1 aliphatic rings. The summed E-state index contributed by atoms with van der Waals surface area (Å²) in [6, 6.07) is 12.3. The molecule has 0 spiro atoms. The number of hydroxylamine groups is 1. The molecule has 2 aromatic rings. The summed E-state index contributed by atoms with van der Waals surface area (Å²) in [5, 5.41) is 0.0747. The molecule has 2 aromatic carbocycles. The highest BCUT2D eigenvalue weighted by molar-refractivity contribution is 6.31. The molecule has 1 atom stereocenters. The van der Waals surface area contributed by atoms with E-state index in [2.05, 4.69) is 15.3 Å². The van der Waals surface area contributed by atoms with E-state index in [-0.39, 0.29) is 18.1 Å². The van der Waals surface area contributed by atoms with Gasteiger partial charge in [-0.15, -0.1) is 0 Å². The zero-order chi connectivity index (χ0) is 17.9. The number of carbonyl (C=O) groups is 1. The number of hydrogen-bond donors (Lipinski definition) is 1. The van der Waals surface area contributed by atoms with Crippen molar-refractivity contribution in [2.45, 2.75) is 12.5 Å². The fraction of sp³-hybridized carbons (Fsp3) is 0.222. The first kappa shape index (κ1) is 17.4. The molecule has 130 valence electrons. The average Bonchev–Trinajstić information content (AvgIpc) is 2.62. The molecule has 0 fully saturated rings. The van der Waals surface area contributed by atoms with Crippen LogP contribution < -0.4 is 5.48 Å². The summed E-state index contributed by atoms with van der Waals surface area (Å²) in [6.07, 6.45) is 0. The smallest absolute Gasteiger partial charge is 0.320 e. The predicted molar refractivity (Wildman–Crippen MR) is 92.7 cm³/mol. The molecule has 25 heavy (non-hydrogen) atoms. The Bertz CT molecular complexity index is 828. The second kappa shape index (κ2) is 7.21. The quantitative estimate of drug-likeness (QED) is 0.668. The van der Waals surface area contributed by atoms with E-state index in [9.17, 15) is 9.18 Å². The first-order valence-electron chi connectivity index (χ1n) is 7.59. The molecule has 0 amide bonds. The second-order valence-corrected chi connectivity index (χ2v) is 6.26. The third kappa shape index (κ3) is 3.81. The summed E-state index contributed by atoms with van der Waals surface area (Å²) in [5.41, 5.74) is 4.42. The maximum absolute atomic E-state index is 13.4. The molecular weight excluding hydrogens is 347 g/mol. The van der Waals surface area contributed by atoms with E-state index in [4.69, 9.17) is 16.3 Å².